The van der Waals surface area contributed by atoms with Crippen molar-refractivity contribution in [1.82, 2.24) is 20.4 Å². The molecule has 1 aliphatic rings. The number of amides is 1. The Hall–Kier alpha value is -1.85. The minimum absolute atomic E-state index is 0.0299. The van der Waals surface area contributed by atoms with Gasteiger partial charge in [-0.25, -0.2) is 0 Å². The number of aromatic nitrogens is 2. The van der Waals surface area contributed by atoms with Crippen molar-refractivity contribution in [2.24, 2.45) is 5.92 Å². The van der Waals surface area contributed by atoms with Gasteiger partial charge in [0.15, 0.2) is 0 Å². The molecule has 0 unspecified atom stereocenters. The van der Waals surface area contributed by atoms with Crippen molar-refractivity contribution in [3.63, 3.8) is 0 Å². The van der Waals surface area contributed by atoms with E-state index >= 15 is 0 Å². The van der Waals surface area contributed by atoms with Crippen LogP contribution in [0.25, 0.3) is 11.3 Å². The molecule has 2 heterocycles. The van der Waals surface area contributed by atoms with E-state index in [1.54, 1.807) is 6.20 Å². The summed E-state index contributed by atoms with van der Waals surface area (Å²) in [7, 11) is 1.94. The predicted molar refractivity (Wildman–Crippen MR) is 87.0 cm³/mol. The Balaban J connectivity index is 1.82. The average Bonchev–Trinajstić information content (AvgIpc) is 3.16. The maximum Gasteiger partial charge on any atom is 0.257 e. The van der Waals surface area contributed by atoms with E-state index in [0.717, 1.165) is 37.3 Å². The number of carbonyl (C=O) groups is 1. The monoisotopic (exact) mass is 318 g/mol. The molecule has 5 nitrogen and oxygen atoms in total. The Morgan fingerprint density at radius 2 is 2.41 bits per heavy atom. The summed E-state index contributed by atoms with van der Waals surface area (Å²) >= 11 is 6.04. The zero-order chi connectivity index (χ0) is 15.5. The highest BCUT2D eigenvalue weighted by Gasteiger charge is 2.28. The Bertz CT molecular complexity index is 670. The summed E-state index contributed by atoms with van der Waals surface area (Å²) in [6.45, 7) is 2.53. The molecule has 0 bridgehead atoms. The van der Waals surface area contributed by atoms with Gasteiger partial charge in [-0.1, -0.05) is 23.7 Å². The zero-order valence-electron chi connectivity index (χ0n) is 12.5. The van der Waals surface area contributed by atoms with Crippen LogP contribution >= 0.6 is 11.6 Å². The number of H-pyrrole nitrogens is 1. The van der Waals surface area contributed by atoms with E-state index in [9.17, 15) is 4.79 Å². The van der Waals surface area contributed by atoms with Gasteiger partial charge in [-0.05, 0) is 38.1 Å². The first kappa shape index (κ1) is 15.1. The van der Waals surface area contributed by atoms with E-state index in [1.165, 1.54) is 0 Å². The third kappa shape index (κ3) is 3.00. The van der Waals surface area contributed by atoms with Gasteiger partial charge in [-0.15, -0.1) is 0 Å². The molecule has 1 fully saturated rings. The minimum atomic E-state index is 0.0299. The number of benzene rings is 1. The van der Waals surface area contributed by atoms with Crippen LogP contribution in [0.15, 0.2) is 30.5 Å². The second kappa shape index (κ2) is 6.50. The fraction of sp³-hybridized carbons (Fsp3) is 0.375. The molecular formula is C16H19ClN4O. The third-order valence-electron chi connectivity index (χ3n) is 4.05. The molecule has 116 valence electrons. The first-order valence-corrected chi connectivity index (χ1v) is 7.80. The summed E-state index contributed by atoms with van der Waals surface area (Å²) in [5, 5.41) is 10.8. The van der Waals surface area contributed by atoms with Gasteiger partial charge in [-0.2, -0.15) is 5.10 Å². The van der Waals surface area contributed by atoms with Crippen LogP contribution in [-0.2, 0) is 0 Å². The number of hydrogen-bond donors (Lipinski definition) is 2. The van der Waals surface area contributed by atoms with Crippen molar-refractivity contribution in [1.29, 1.82) is 0 Å². The molecule has 1 amide bonds. The maximum atomic E-state index is 12.7. The third-order valence-corrected chi connectivity index (χ3v) is 4.28. The minimum Gasteiger partial charge on any atom is -0.338 e. The number of carbonyl (C=O) groups excluding carboxylic acids is 1. The highest BCUT2D eigenvalue weighted by Crippen LogP contribution is 2.26. The lowest BCUT2D eigenvalue weighted by Crippen LogP contribution is -2.30. The van der Waals surface area contributed by atoms with Gasteiger partial charge < -0.3 is 10.2 Å². The van der Waals surface area contributed by atoms with Crippen molar-refractivity contribution in [2.75, 3.05) is 26.7 Å². The van der Waals surface area contributed by atoms with E-state index in [-0.39, 0.29) is 5.91 Å². The summed E-state index contributed by atoms with van der Waals surface area (Å²) in [6.07, 6.45) is 2.64. The van der Waals surface area contributed by atoms with Crippen molar-refractivity contribution in [3.05, 3.63) is 41.0 Å². The molecule has 1 saturated heterocycles. The van der Waals surface area contributed by atoms with Crippen LogP contribution in [0, 0.1) is 5.92 Å². The number of halogens is 1. The molecule has 1 aromatic heterocycles. The molecule has 1 aromatic carbocycles. The SMILES string of the molecule is CNC[C@@H]1CCN(C(=O)c2cn[nH]c2-c2cccc(Cl)c2)C1. The average molecular weight is 319 g/mol. The van der Waals surface area contributed by atoms with E-state index in [2.05, 4.69) is 15.5 Å². The van der Waals surface area contributed by atoms with Gasteiger partial charge in [-0.3, -0.25) is 9.89 Å². The van der Waals surface area contributed by atoms with Crippen LogP contribution in [-0.4, -0.2) is 47.7 Å². The number of rotatable bonds is 4. The summed E-state index contributed by atoms with van der Waals surface area (Å²) in [5.74, 6) is 0.554. The van der Waals surface area contributed by atoms with Crippen LogP contribution in [0.3, 0.4) is 0 Å². The standard InChI is InChI=1S/C16H19ClN4O/c1-18-8-11-5-6-21(10-11)16(22)14-9-19-20-15(14)12-3-2-4-13(17)7-12/h2-4,7,9,11,18H,5-6,8,10H2,1H3,(H,19,20)/t11-/m0/s1. The van der Waals surface area contributed by atoms with Gasteiger partial charge in [0, 0.05) is 23.7 Å². The predicted octanol–water partition coefficient (Wildman–Crippen LogP) is 2.41. The van der Waals surface area contributed by atoms with Crippen molar-refractivity contribution >= 4 is 17.5 Å². The molecule has 1 aliphatic heterocycles. The fourth-order valence-corrected chi connectivity index (χ4v) is 3.15. The van der Waals surface area contributed by atoms with Crippen molar-refractivity contribution in [2.45, 2.75) is 6.42 Å². The molecule has 0 aliphatic carbocycles. The van der Waals surface area contributed by atoms with Crippen LogP contribution in [0.1, 0.15) is 16.8 Å². The Labute approximate surface area is 134 Å². The molecule has 6 heteroatoms. The van der Waals surface area contributed by atoms with E-state index in [0.29, 0.717) is 16.5 Å². The highest BCUT2D eigenvalue weighted by molar-refractivity contribution is 6.30. The smallest absolute Gasteiger partial charge is 0.257 e. The first-order chi connectivity index (χ1) is 10.7. The second-order valence-electron chi connectivity index (χ2n) is 5.63. The Morgan fingerprint density at radius 3 is 3.18 bits per heavy atom. The van der Waals surface area contributed by atoms with Gasteiger partial charge in [0.05, 0.1) is 17.5 Å². The summed E-state index contributed by atoms with van der Waals surface area (Å²) in [4.78, 5) is 14.7. The molecular weight excluding hydrogens is 300 g/mol. The first-order valence-electron chi connectivity index (χ1n) is 7.42. The number of nitrogens with one attached hydrogen (secondary N) is 2. The Morgan fingerprint density at radius 1 is 1.55 bits per heavy atom. The largest absolute Gasteiger partial charge is 0.338 e. The van der Waals surface area contributed by atoms with Crippen LogP contribution in [0.2, 0.25) is 5.02 Å². The molecule has 2 N–H and O–H groups in total. The summed E-state index contributed by atoms with van der Waals surface area (Å²) in [5.41, 5.74) is 2.20. The Kier molecular flexibility index (Phi) is 4.45. The molecule has 0 radical (unpaired) electrons. The fourth-order valence-electron chi connectivity index (χ4n) is 2.96. The highest BCUT2D eigenvalue weighted by atomic mass is 35.5. The van der Waals surface area contributed by atoms with E-state index in [4.69, 9.17) is 11.6 Å². The topological polar surface area (TPSA) is 61.0 Å². The lowest BCUT2D eigenvalue weighted by molar-refractivity contribution is 0.0788. The lowest BCUT2D eigenvalue weighted by atomic mass is 10.1. The molecule has 0 spiro atoms. The quantitative estimate of drug-likeness (QED) is 0.910. The van der Waals surface area contributed by atoms with E-state index < -0.39 is 0 Å². The van der Waals surface area contributed by atoms with Gasteiger partial charge in [0.1, 0.15) is 0 Å². The van der Waals surface area contributed by atoms with Crippen molar-refractivity contribution in [3.8, 4) is 11.3 Å². The second-order valence-corrected chi connectivity index (χ2v) is 6.07. The van der Waals surface area contributed by atoms with Crippen LogP contribution in [0.4, 0.5) is 0 Å². The number of hydrogen-bond acceptors (Lipinski definition) is 3. The number of nitrogens with zero attached hydrogens (tertiary/aromatic N) is 2. The molecule has 0 saturated carbocycles. The molecule has 1 atom stereocenters. The molecule has 22 heavy (non-hydrogen) atoms. The van der Waals surface area contributed by atoms with Gasteiger partial charge in [0.25, 0.3) is 5.91 Å². The van der Waals surface area contributed by atoms with Crippen molar-refractivity contribution < 1.29 is 4.79 Å². The summed E-state index contributed by atoms with van der Waals surface area (Å²) < 4.78 is 0. The van der Waals surface area contributed by atoms with E-state index in [1.807, 2.05) is 36.2 Å². The van der Waals surface area contributed by atoms with Gasteiger partial charge >= 0.3 is 0 Å². The number of aromatic amines is 1. The van der Waals surface area contributed by atoms with Gasteiger partial charge in [0.2, 0.25) is 0 Å². The molecule has 3 rings (SSSR count). The number of likely N-dealkylation sites (tertiary alicyclic amines) is 1. The van der Waals surface area contributed by atoms with Crippen LogP contribution < -0.4 is 5.32 Å². The molecule has 2 aromatic rings. The zero-order valence-corrected chi connectivity index (χ0v) is 13.2. The lowest BCUT2D eigenvalue weighted by Gasteiger charge is -2.16. The summed E-state index contributed by atoms with van der Waals surface area (Å²) in [6, 6.07) is 7.43. The van der Waals surface area contributed by atoms with Crippen LogP contribution in [0.5, 0.6) is 0 Å². The maximum absolute atomic E-state index is 12.7. The normalized spacial score (nSPS) is 17.9.